The van der Waals surface area contributed by atoms with E-state index < -0.39 is 60.0 Å². The number of hydrazone groups is 1. The van der Waals surface area contributed by atoms with Crippen LogP contribution in [0.1, 0.15) is 38.4 Å². The second-order valence-corrected chi connectivity index (χ2v) is 11.1. The Balaban J connectivity index is 0.00000162. The zero-order valence-electron chi connectivity index (χ0n) is 24.1. The lowest BCUT2D eigenvalue weighted by molar-refractivity contribution is -0.145. The molecule has 2 aliphatic rings. The number of benzene rings is 1. The molecule has 0 bridgehead atoms. The number of nitrogens with one attached hydrogen (secondary N) is 1. The molecule has 0 aliphatic carbocycles. The number of fused-ring (bicyclic) bond motifs is 1. The predicted molar refractivity (Wildman–Crippen MR) is 146 cm³/mol. The number of nitrogens with zero attached hydrogens (tertiary/aromatic N) is 4. The van der Waals surface area contributed by atoms with Gasteiger partial charge in [-0.05, 0) is 18.2 Å². The Hall–Kier alpha value is -3.94. The highest BCUT2D eigenvalue weighted by Crippen LogP contribution is 2.38. The van der Waals surface area contributed by atoms with Gasteiger partial charge in [-0.1, -0.05) is 32.9 Å². The van der Waals surface area contributed by atoms with Crippen molar-refractivity contribution in [3.8, 4) is 0 Å². The number of piperidine rings is 1. The van der Waals surface area contributed by atoms with Gasteiger partial charge in [0.2, 0.25) is 18.7 Å². The quantitative estimate of drug-likeness (QED) is 0.343. The smallest absolute Gasteiger partial charge is 0.259 e. The van der Waals surface area contributed by atoms with Gasteiger partial charge in [-0.3, -0.25) is 19.4 Å². The molecule has 0 radical (unpaired) electrons. The molecule has 14 heteroatoms. The molecule has 3 heterocycles. The summed E-state index contributed by atoms with van der Waals surface area (Å²) in [4.78, 5) is 45.8. The van der Waals surface area contributed by atoms with Crippen LogP contribution < -0.4 is 5.32 Å². The Kier molecular flexibility index (Phi) is 11.3. The SMILES string of the molecule is CC(C)(C)C(=O)NC(COCc1ccc(F)cc1F)C(=O)N1CCC2=NN(CF)C(=O)C2(Cc2ccccn2)C1.FCF. The van der Waals surface area contributed by atoms with Crippen molar-refractivity contribution >= 4 is 23.4 Å². The third-order valence-corrected chi connectivity index (χ3v) is 6.99. The number of hydrogen-bond acceptors (Lipinski definition) is 6. The van der Waals surface area contributed by atoms with Crippen molar-refractivity contribution in [2.24, 2.45) is 15.9 Å². The lowest BCUT2D eigenvalue weighted by atomic mass is 9.74. The fourth-order valence-corrected chi connectivity index (χ4v) is 4.76. The van der Waals surface area contributed by atoms with Crippen LogP contribution >= 0.6 is 0 Å². The molecule has 1 N–H and O–H groups in total. The maximum absolute atomic E-state index is 14.1. The number of hydrogen-bond donors (Lipinski definition) is 1. The van der Waals surface area contributed by atoms with Gasteiger partial charge in [0.25, 0.3) is 5.91 Å². The molecular weight excluding hydrogens is 577 g/mol. The van der Waals surface area contributed by atoms with Gasteiger partial charge in [-0.15, -0.1) is 0 Å². The van der Waals surface area contributed by atoms with Crippen molar-refractivity contribution in [3.63, 3.8) is 0 Å². The minimum atomic E-state index is -1.75. The maximum Gasteiger partial charge on any atom is 0.259 e. The summed E-state index contributed by atoms with van der Waals surface area (Å²) in [6.07, 6.45) is 1.92. The summed E-state index contributed by atoms with van der Waals surface area (Å²) in [7, 11) is 0. The first-order chi connectivity index (χ1) is 20.4. The predicted octanol–water partition coefficient (Wildman–Crippen LogP) is 3.88. The van der Waals surface area contributed by atoms with Crippen LogP contribution in [0.5, 0.6) is 0 Å². The summed E-state index contributed by atoms with van der Waals surface area (Å²) in [5.41, 5.74) is -0.979. The molecule has 1 aromatic carbocycles. The van der Waals surface area contributed by atoms with Gasteiger partial charge in [-0.2, -0.15) is 5.10 Å². The van der Waals surface area contributed by atoms with Gasteiger partial charge in [0.05, 0.1) is 18.9 Å². The van der Waals surface area contributed by atoms with Crippen LogP contribution in [-0.2, 0) is 32.1 Å². The minimum Gasteiger partial charge on any atom is -0.374 e. The lowest BCUT2D eigenvalue weighted by Gasteiger charge is -2.40. The Morgan fingerprint density at radius 3 is 2.47 bits per heavy atom. The molecule has 2 unspecified atom stereocenters. The summed E-state index contributed by atoms with van der Waals surface area (Å²) in [5, 5.41) is 7.68. The Morgan fingerprint density at radius 1 is 1.14 bits per heavy atom. The fraction of sp³-hybridized carbons (Fsp3) is 0.483. The van der Waals surface area contributed by atoms with E-state index in [0.717, 1.165) is 17.1 Å². The number of alkyl halides is 3. The number of halogens is 5. The zero-order valence-corrected chi connectivity index (χ0v) is 24.1. The highest BCUT2D eigenvalue weighted by atomic mass is 19.3. The number of aromatic nitrogens is 1. The molecule has 234 valence electrons. The van der Waals surface area contributed by atoms with Crippen molar-refractivity contribution in [2.45, 2.75) is 46.3 Å². The second-order valence-electron chi connectivity index (χ2n) is 11.1. The molecule has 1 saturated heterocycles. The van der Waals surface area contributed by atoms with Crippen LogP contribution in [-0.4, -0.2) is 77.8 Å². The Labute approximate surface area is 246 Å². The Morgan fingerprint density at radius 2 is 1.86 bits per heavy atom. The molecule has 43 heavy (non-hydrogen) atoms. The third-order valence-electron chi connectivity index (χ3n) is 6.99. The van der Waals surface area contributed by atoms with Crippen molar-refractivity contribution in [3.05, 3.63) is 65.5 Å². The van der Waals surface area contributed by atoms with Crippen LogP contribution in [0.3, 0.4) is 0 Å². The average molecular weight is 612 g/mol. The first kappa shape index (κ1) is 33.6. The van der Waals surface area contributed by atoms with E-state index in [1.165, 1.54) is 11.0 Å². The van der Waals surface area contributed by atoms with E-state index in [0.29, 0.717) is 11.4 Å². The fourth-order valence-electron chi connectivity index (χ4n) is 4.76. The number of ether oxygens (including phenoxy) is 1. The van der Waals surface area contributed by atoms with Crippen molar-refractivity contribution in [1.29, 1.82) is 0 Å². The third kappa shape index (κ3) is 8.12. The van der Waals surface area contributed by atoms with Crippen LogP contribution in [0, 0.1) is 22.5 Å². The number of rotatable bonds is 9. The first-order valence-corrected chi connectivity index (χ1v) is 13.5. The number of pyridine rings is 1. The summed E-state index contributed by atoms with van der Waals surface area (Å²) in [6.45, 7) is 1.75. The highest BCUT2D eigenvalue weighted by Gasteiger charge is 2.55. The van der Waals surface area contributed by atoms with E-state index in [4.69, 9.17) is 4.74 Å². The highest BCUT2D eigenvalue weighted by molar-refractivity contribution is 6.13. The maximum atomic E-state index is 14.1. The largest absolute Gasteiger partial charge is 0.374 e. The van der Waals surface area contributed by atoms with Crippen LogP contribution in [0.25, 0.3) is 0 Å². The second kappa shape index (κ2) is 14.5. The van der Waals surface area contributed by atoms with E-state index in [9.17, 15) is 36.3 Å². The minimum absolute atomic E-state index is 0.0887. The van der Waals surface area contributed by atoms with E-state index in [-0.39, 0.29) is 44.7 Å². The summed E-state index contributed by atoms with van der Waals surface area (Å²) in [5.74, 6) is -3.01. The van der Waals surface area contributed by atoms with Crippen LogP contribution in [0.2, 0.25) is 0 Å². The molecule has 0 spiro atoms. The van der Waals surface area contributed by atoms with E-state index in [1.807, 2.05) is 0 Å². The molecule has 1 fully saturated rings. The van der Waals surface area contributed by atoms with E-state index in [1.54, 1.807) is 45.2 Å². The summed E-state index contributed by atoms with van der Waals surface area (Å²) >= 11 is 0. The van der Waals surface area contributed by atoms with Gasteiger partial charge in [0.1, 0.15) is 23.1 Å². The van der Waals surface area contributed by atoms with Gasteiger partial charge in [0, 0.05) is 54.9 Å². The average Bonchev–Trinajstić information content (AvgIpc) is 3.24. The molecule has 2 atom stereocenters. The molecule has 0 saturated carbocycles. The molecule has 9 nitrogen and oxygen atoms in total. The van der Waals surface area contributed by atoms with Gasteiger partial charge in [0.15, 0.2) is 6.80 Å². The number of amides is 3. The van der Waals surface area contributed by atoms with Crippen molar-refractivity contribution in [1.82, 2.24) is 20.2 Å². The molecule has 2 aromatic rings. The van der Waals surface area contributed by atoms with Gasteiger partial charge >= 0.3 is 0 Å². The van der Waals surface area contributed by atoms with Crippen LogP contribution in [0.15, 0.2) is 47.7 Å². The van der Waals surface area contributed by atoms with E-state index >= 15 is 0 Å². The summed E-state index contributed by atoms with van der Waals surface area (Å²) < 4.78 is 65.9. The number of carbonyl (C=O) groups excluding carboxylic acids is 3. The monoisotopic (exact) mass is 611 g/mol. The van der Waals surface area contributed by atoms with Crippen molar-refractivity contribution < 1.29 is 41.1 Å². The molecule has 4 rings (SSSR count). The molecule has 1 aromatic heterocycles. The molecule has 2 aliphatic heterocycles. The van der Waals surface area contributed by atoms with Crippen LogP contribution in [0.4, 0.5) is 22.0 Å². The summed E-state index contributed by atoms with van der Waals surface area (Å²) in [6, 6.07) is 7.16. The number of likely N-dealkylation sites (tertiary alicyclic amines) is 1. The standard InChI is InChI=1S/C28H32F3N5O4.CH2F2/c1-27(2,3)25(38)33-22(15-40-14-18-7-8-19(30)12-21(18)31)24(37)35-11-9-23-28(16-35,26(39)36(17-29)34-23)13-20-6-4-5-10-32-20;2-1-3/h4-8,10,12,22H,9,11,13-17H2,1-3H3,(H,33,38);1H2. The Bertz CT molecular complexity index is 1320. The van der Waals surface area contributed by atoms with Crippen molar-refractivity contribution in [2.75, 3.05) is 33.4 Å². The first-order valence-electron chi connectivity index (χ1n) is 13.5. The van der Waals surface area contributed by atoms with Gasteiger partial charge < -0.3 is 15.0 Å². The zero-order chi connectivity index (χ0) is 31.8. The molecule has 3 amide bonds. The van der Waals surface area contributed by atoms with Gasteiger partial charge in [-0.25, -0.2) is 27.0 Å². The lowest BCUT2D eigenvalue weighted by Crippen LogP contribution is -2.60. The topological polar surface area (TPSA) is 104 Å². The van der Waals surface area contributed by atoms with E-state index in [2.05, 4.69) is 15.4 Å². The normalized spacial score (nSPS) is 18.8. The molecular formula is C29H34F5N5O4. The number of carbonyl (C=O) groups is 3.